The molecule has 2 aromatic rings. The Morgan fingerprint density at radius 3 is 2.80 bits per heavy atom. The Balaban J connectivity index is 2.32. The third-order valence-electron chi connectivity index (χ3n) is 1.93. The molecule has 2 aromatic heterocycles. The molecule has 0 atom stereocenters. The van der Waals surface area contributed by atoms with E-state index < -0.39 is 6.67 Å². The van der Waals surface area contributed by atoms with Gasteiger partial charge in [-0.3, -0.25) is 4.79 Å². The summed E-state index contributed by atoms with van der Waals surface area (Å²) in [5.74, 6) is 0.556. The van der Waals surface area contributed by atoms with E-state index in [2.05, 4.69) is 10.1 Å². The largest absolute Gasteiger partial charge is 0.298 e. The molecule has 76 valence electrons. The average molecular weight is 205 g/mol. The highest BCUT2D eigenvalue weighted by Gasteiger charge is 2.01. The lowest BCUT2D eigenvalue weighted by Gasteiger charge is -1.98. The Kier molecular flexibility index (Phi) is 2.53. The summed E-state index contributed by atoms with van der Waals surface area (Å²) in [7, 11) is 0. The van der Waals surface area contributed by atoms with Crippen molar-refractivity contribution in [3.8, 4) is 5.82 Å². The van der Waals surface area contributed by atoms with Crippen molar-refractivity contribution in [2.45, 2.75) is 6.67 Å². The van der Waals surface area contributed by atoms with Gasteiger partial charge < -0.3 is 0 Å². The fourth-order valence-electron chi connectivity index (χ4n) is 1.16. The molecule has 0 aliphatic carbocycles. The fraction of sp³-hybridized carbons (Fsp3) is 0.100. The number of carbonyl (C=O) groups excluding carboxylic acids is 1. The second kappa shape index (κ2) is 4.00. The Labute approximate surface area is 85.4 Å². The maximum absolute atomic E-state index is 12.3. The van der Waals surface area contributed by atoms with E-state index in [1.807, 2.05) is 0 Å². The lowest BCUT2D eigenvalue weighted by atomic mass is 10.3. The number of halogens is 1. The van der Waals surface area contributed by atoms with Crippen molar-refractivity contribution in [3.63, 3.8) is 0 Å². The minimum absolute atomic E-state index is 0.497. The minimum Gasteiger partial charge on any atom is -0.298 e. The van der Waals surface area contributed by atoms with Gasteiger partial charge in [-0.1, -0.05) is 0 Å². The molecule has 0 spiro atoms. The van der Waals surface area contributed by atoms with Crippen LogP contribution in [-0.2, 0) is 6.67 Å². The molecule has 0 amide bonds. The SMILES string of the molecule is O=Cc1ccc(-n2cc(CF)cn2)nc1. The molecule has 2 heterocycles. The van der Waals surface area contributed by atoms with Gasteiger partial charge in [0.05, 0.1) is 6.20 Å². The van der Waals surface area contributed by atoms with Gasteiger partial charge in [-0.2, -0.15) is 5.10 Å². The molecule has 0 radical (unpaired) electrons. The van der Waals surface area contributed by atoms with Gasteiger partial charge in [-0.05, 0) is 12.1 Å². The highest BCUT2D eigenvalue weighted by Crippen LogP contribution is 2.06. The normalized spacial score (nSPS) is 10.2. The van der Waals surface area contributed by atoms with Crippen LogP contribution in [0.15, 0.2) is 30.7 Å². The van der Waals surface area contributed by atoms with E-state index in [9.17, 15) is 9.18 Å². The maximum atomic E-state index is 12.3. The zero-order valence-electron chi connectivity index (χ0n) is 7.80. The number of aldehydes is 1. The van der Waals surface area contributed by atoms with Gasteiger partial charge >= 0.3 is 0 Å². The number of carbonyl (C=O) groups is 1. The zero-order chi connectivity index (χ0) is 10.7. The maximum Gasteiger partial charge on any atom is 0.153 e. The Hall–Kier alpha value is -2.04. The highest BCUT2D eigenvalue weighted by molar-refractivity contribution is 5.74. The number of hydrogen-bond acceptors (Lipinski definition) is 3. The molecule has 0 unspecified atom stereocenters. The predicted molar refractivity (Wildman–Crippen MR) is 51.6 cm³/mol. The summed E-state index contributed by atoms with van der Waals surface area (Å²) in [4.78, 5) is 14.4. The van der Waals surface area contributed by atoms with Crippen LogP contribution in [-0.4, -0.2) is 21.1 Å². The van der Waals surface area contributed by atoms with Crippen LogP contribution >= 0.6 is 0 Å². The van der Waals surface area contributed by atoms with Crippen molar-refractivity contribution < 1.29 is 9.18 Å². The lowest BCUT2D eigenvalue weighted by Crippen LogP contribution is -1.97. The van der Waals surface area contributed by atoms with Crippen molar-refractivity contribution in [2.75, 3.05) is 0 Å². The summed E-state index contributed by atoms with van der Waals surface area (Å²) in [5, 5.41) is 3.94. The first-order valence-corrected chi connectivity index (χ1v) is 4.34. The minimum atomic E-state index is -0.549. The summed E-state index contributed by atoms with van der Waals surface area (Å²) in [6, 6.07) is 3.28. The molecule has 0 aromatic carbocycles. The van der Waals surface area contributed by atoms with E-state index in [0.717, 1.165) is 0 Å². The third-order valence-corrected chi connectivity index (χ3v) is 1.93. The van der Waals surface area contributed by atoms with Crippen LogP contribution in [0.1, 0.15) is 15.9 Å². The number of hydrogen-bond donors (Lipinski definition) is 0. The first-order chi connectivity index (χ1) is 7.33. The summed E-state index contributed by atoms with van der Waals surface area (Å²) in [5.41, 5.74) is 0.993. The molecule has 0 saturated heterocycles. The van der Waals surface area contributed by atoms with Gasteiger partial charge in [0.2, 0.25) is 0 Å². The van der Waals surface area contributed by atoms with Crippen LogP contribution in [0.25, 0.3) is 5.82 Å². The van der Waals surface area contributed by atoms with Crippen molar-refractivity contribution in [3.05, 3.63) is 41.9 Å². The summed E-state index contributed by atoms with van der Waals surface area (Å²) in [6.07, 6.45) is 5.16. The van der Waals surface area contributed by atoms with Crippen molar-refractivity contribution in [2.24, 2.45) is 0 Å². The molecule has 2 rings (SSSR count). The first kappa shape index (κ1) is 9.51. The Morgan fingerprint density at radius 2 is 2.27 bits per heavy atom. The highest BCUT2D eigenvalue weighted by atomic mass is 19.1. The van der Waals surface area contributed by atoms with Crippen LogP contribution in [0, 0.1) is 0 Å². The molecule has 0 aliphatic heterocycles. The second-order valence-electron chi connectivity index (χ2n) is 2.99. The van der Waals surface area contributed by atoms with Gasteiger partial charge in [-0.25, -0.2) is 14.1 Å². The summed E-state index contributed by atoms with van der Waals surface area (Å²) >= 11 is 0. The van der Waals surface area contributed by atoms with Crippen LogP contribution in [0.3, 0.4) is 0 Å². The smallest absolute Gasteiger partial charge is 0.153 e. The summed E-state index contributed by atoms with van der Waals surface area (Å²) in [6.45, 7) is -0.549. The zero-order valence-corrected chi connectivity index (χ0v) is 7.80. The van der Waals surface area contributed by atoms with Gasteiger partial charge in [0.1, 0.15) is 6.67 Å². The molecule has 5 heteroatoms. The molecule has 4 nitrogen and oxygen atoms in total. The van der Waals surface area contributed by atoms with Crippen LogP contribution in [0.4, 0.5) is 4.39 Å². The van der Waals surface area contributed by atoms with E-state index in [1.165, 1.54) is 17.1 Å². The van der Waals surface area contributed by atoms with Gasteiger partial charge in [0.25, 0.3) is 0 Å². The number of pyridine rings is 1. The Morgan fingerprint density at radius 1 is 1.40 bits per heavy atom. The number of rotatable bonds is 3. The van der Waals surface area contributed by atoms with Crippen molar-refractivity contribution in [1.29, 1.82) is 0 Å². The van der Waals surface area contributed by atoms with E-state index in [-0.39, 0.29) is 0 Å². The quantitative estimate of drug-likeness (QED) is 0.714. The first-order valence-electron chi connectivity index (χ1n) is 4.34. The van der Waals surface area contributed by atoms with E-state index in [0.29, 0.717) is 23.2 Å². The third kappa shape index (κ3) is 1.90. The lowest BCUT2D eigenvalue weighted by molar-refractivity contribution is 0.112. The summed E-state index contributed by atoms with van der Waals surface area (Å²) < 4.78 is 13.7. The van der Waals surface area contributed by atoms with Gasteiger partial charge in [-0.15, -0.1) is 0 Å². The molecule has 0 N–H and O–H groups in total. The predicted octanol–water partition coefficient (Wildman–Crippen LogP) is 1.55. The molecule has 0 aliphatic rings. The van der Waals surface area contributed by atoms with E-state index in [1.54, 1.807) is 18.3 Å². The Bertz CT molecular complexity index is 464. The van der Waals surface area contributed by atoms with Crippen molar-refractivity contribution in [1.82, 2.24) is 14.8 Å². The molecule has 15 heavy (non-hydrogen) atoms. The van der Waals surface area contributed by atoms with Gasteiger partial charge in [0, 0.05) is 23.5 Å². The average Bonchev–Trinajstić information content (AvgIpc) is 2.78. The van der Waals surface area contributed by atoms with E-state index in [4.69, 9.17) is 0 Å². The molecule has 0 bridgehead atoms. The molecule has 0 fully saturated rings. The van der Waals surface area contributed by atoms with Crippen LogP contribution in [0.5, 0.6) is 0 Å². The molecule has 0 saturated carbocycles. The van der Waals surface area contributed by atoms with Crippen molar-refractivity contribution >= 4 is 6.29 Å². The number of nitrogens with zero attached hydrogens (tertiary/aromatic N) is 3. The molecular weight excluding hydrogens is 197 g/mol. The fourth-order valence-corrected chi connectivity index (χ4v) is 1.16. The monoisotopic (exact) mass is 205 g/mol. The van der Waals surface area contributed by atoms with E-state index >= 15 is 0 Å². The number of alkyl halides is 1. The molecular formula is C10H8FN3O. The van der Waals surface area contributed by atoms with Crippen LogP contribution < -0.4 is 0 Å². The van der Waals surface area contributed by atoms with Gasteiger partial charge in [0.15, 0.2) is 12.1 Å². The standard InChI is InChI=1S/C10H8FN3O/c11-3-9-5-13-14(6-9)10-2-1-8(7-15)4-12-10/h1-2,4-7H,3H2. The van der Waals surface area contributed by atoms with Crippen LogP contribution in [0.2, 0.25) is 0 Å². The number of aromatic nitrogens is 3. The topological polar surface area (TPSA) is 47.8 Å². The second-order valence-corrected chi connectivity index (χ2v) is 2.99.